The summed E-state index contributed by atoms with van der Waals surface area (Å²) in [6, 6.07) is -1.55. The van der Waals surface area contributed by atoms with Crippen molar-refractivity contribution >= 4 is 21.7 Å². The Morgan fingerprint density at radius 1 is 1.33 bits per heavy atom. The summed E-state index contributed by atoms with van der Waals surface area (Å²) < 4.78 is 30.6. The van der Waals surface area contributed by atoms with Crippen molar-refractivity contribution in [3.63, 3.8) is 0 Å². The van der Waals surface area contributed by atoms with Gasteiger partial charge in [-0.2, -0.15) is 0 Å². The van der Waals surface area contributed by atoms with Crippen molar-refractivity contribution in [3.8, 4) is 0 Å². The number of hydrogen-bond donors (Lipinski definition) is 2. The molecule has 3 aliphatic rings. The van der Waals surface area contributed by atoms with Crippen LogP contribution >= 0.6 is 0 Å². The fraction of sp³-hybridized carbons (Fsp3) is 0.810. The van der Waals surface area contributed by atoms with Gasteiger partial charge in [-0.25, -0.2) is 13.1 Å². The molecule has 4 rings (SSSR count). The average molecular weight is 484 g/mol. The zero-order valence-electron chi connectivity index (χ0n) is 19.3. The highest BCUT2D eigenvalue weighted by atomic mass is 32.2. The number of aromatic nitrogens is 3. The van der Waals surface area contributed by atoms with Gasteiger partial charge in [-0.3, -0.25) is 9.59 Å². The lowest BCUT2D eigenvalue weighted by atomic mass is 9.85. The van der Waals surface area contributed by atoms with Gasteiger partial charge in [0.25, 0.3) is 0 Å². The van der Waals surface area contributed by atoms with Crippen LogP contribution in [0.2, 0.25) is 0 Å². The van der Waals surface area contributed by atoms with E-state index in [1.165, 1.54) is 4.90 Å². The molecule has 3 fully saturated rings. The van der Waals surface area contributed by atoms with Crippen molar-refractivity contribution in [2.75, 3.05) is 31.2 Å². The number of rotatable bonds is 6. The molecule has 4 atom stereocenters. The molecule has 0 aromatic carbocycles. The van der Waals surface area contributed by atoms with Crippen LogP contribution in [0.5, 0.6) is 0 Å². The summed E-state index contributed by atoms with van der Waals surface area (Å²) in [6.45, 7) is 5.96. The number of amides is 2. The zero-order chi connectivity index (χ0) is 24.0. The number of nitrogens with one attached hydrogen (secondary N) is 1. The monoisotopic (exact) mass is 483 g/mol. The molecule has 12 heteroatoms. The van der Waals surface area contributed by atoms with Crippen LogP contribution in [0, 0.1) is 5.41 Å². The van der Waals surface area contributed by atoms with Crippen LogP contribution in [0.3, 0.4) is 0 Å². The Bertz CT molecular complexity index is 999. The van der Waals surface area contributed by atoms with Gasteiger partial charge in [-0.05, 0) is 18.3 Å². The maximum absolute atomic E-state index is 13.7. The van der Waals surface area contributed by atoms with Crippen LogP contribution in [0.15, 0.2) is 6.20 Å². The summed E-state index contributed by atoms with van der Waals surface area (Å²) in [7, 11) is -3.19. The Hall–Kier alpha value is -2.05. The number of ether oxygens (including phenoxy) is 1. The number of aliphatic hydroxyl groups excluding tert-OH is 1. The number of hydrogen-bond acceptors (Lipinski definition) is 8. The SMILES string of the molecule is CC(C)(C)[C@@H](C(=O)N1C[C@H](O)C[C@H]1C(=O)NCC1CS(=O)(=O)CCO1)n1cc(C2CC2)nn1. The van der Waals surface area contributed by atoms with Gasteiger partial charge in [0.05, 0.1) is 36.0 Å². The molecule has 2 amide bonds. The highest BCUT2D eigenvalue weighted by molar-refractivity contribution is 7.91. The van der Waals surface area contributed by atoms with Crippen LogP contribution in [0.1, 0.15) is 57.7 Å². The number of likely N-dealkylation sites (tertiary alicyclic amines) is 1. The number of β-amino-alcohol motifs (C(OH)–C–C–N with tert-alkyl or cyclic N) is 1. The minimum absolute atomic E-state index is 0.0204. The molecule has 184 valence electrons. The Balaban J connectivity index is 1.47. The van der Waals surface area contributed by atoms with E-state index in [9.17, 15) is 23.1 Å². The third-order valence-electron chi connectivity index (χ3n) is 6.40. The van der Waals surface area contributed by atoms with Gasteiger partial charge in [0.1, 0.15) is 12.1 Å². The van der Waals surface area contributed by atoms with Gasteiger partial charge in [0.2, 0.25) is 11.8 Å². The summed E-state index contributed by atoms with van der Waals surface area (Å²) >= 11 is 0. The van der Waals surface area contributed by atoms with E-state index in [0.717, 1.165) is 18.5 Å². The molecule has 1 aromatic heterocycles. The molecule has 1 unspecified atom stereocenters. The minimum Gasteiger partial charge on any atom is -0.391 e. The lowest BCUT2D eigenvalue weighted by Gasteiger charge is -2.34. The fourth-order valence-electron chi connectivity index (χ4n) is 4.53. The molecule has 3 heterocycles. The molecular formula is C21H33N5O6S. The first kappa shape index (κ1) is 24.1. The van der Waals surface area contributed by atoms with Gasteiger partial charge in [0.15, 0.2) is 9.84 Å². The first-order chi connectivity index (χ1) is 15.4. The Labute approximate surface area is 193 Å². The van der Waals surface area contributed by atoms with E-state index in [1.54, 1.807) is 4.68 Å². The molecule has 11 nitrogen and oxygen atoms in total. The van der Waals surface area contributed by atoms with E-state index < -0.39 is 45.5 Å². The smallest absolute Gasteiger partial charge is 0.248 e. The second-order valence-electron chi connectivity index (χ2n) is 10.4. The van der Waals surface area contributed by atoms with Gasteiger partial charge in [-0.15, -0.1) is 5.10 Å². The van der Waals surface area contributed by atoms with Crippen molar-refractivity contribution in [1.29, 1.82) is 0 Å². The Kier molecular flexibility index (Phi) is 6.53. The fourth-order valence-corrected chi connectivity index (χ4v) is 5.83. The van der Waals surface area contributed by atoms with Crippen LogP contribution in [-0.2, 0) is 24.2 Å². The quantitative estimate of drug-likeness (QED) is 0.558. The highest BCUT2D eigenvalue weighted by Gasteiger charge is 2.45. The zero-order valence-corrected chi connectivity index (χ0v) is 20.1. The molecule has 2 aliphatic heterocycles. The van der Waals surface area contributed by atoms with Crippen LogP contribution in [0.4, 0.5) is 0 Å². The largest absolute Gasteiger partial charge is 0.391 e. The molecule has 2 saturated heterocycles. The third-order valence-corrected chi connectivity index (χ3v) is 8.07. The first-order valence-corrected chi connectivity index (χ1v) is 13.3. The molecular weight excluding hydrogens is 450 g/mol. The molecule has 1 saturated carbocycles. The highest BCUT2D eigenvalue weighted by Crippen LogP contribution is 2.40. The van der Waals surface area contributed by atoms with Gasteiger partial charge >= 0.3 is 0 Å². The summed E-state index contributed by atoms with van der Waals surface area (Å²) in [5, 5.41) is 21.4. The predicted octanol–water partition coefficient (Wildman–Crippen LogP) is -0.366. The van der Waals surface area contributed by atoms with E-state index in [4.69, 9.17) is 4.74 Å². The number of carbonyl (C=O) groups excluding carboxylic acids is 2. The summed E-state index contributed by atoms with van der Waals surface area (Å²) in [4.78, 5) is 28.1. The molecule has 2 N–H and O–H groups in total. The second kappa shape index (κ2) is 8.95. The Morgan fingerprint density at radius 3 is 2.70 bits per heavy atom. The number of nitrogens with zero attached hydrogens (tertiary/aromatic N) is 4. The maximum atomic E-state index is 13.7. The van der Waals surface area contributed by atoms with Crippen LogP contribution < -0.4 is 5.32 Å². The van der Waals surface area contributed by atoms with Crippen molar-refractivity contribution in [2.24, 2.45) is 5.41 Å². The molecule has 0 bridgehead atoms. The van der Waals surface area contributed by atoms with Gasteiger partial charge < -0.3 is 20.1 Å². The molecule has 0 radical (unpaired) electrons. The maximum Gasteiger partial charge on any atom is 0.248 e. The third kappa shape index (κ3) is 5.55. The topological polar surface area (TPSA) is 144 Å². The van der Waals surface area contributed by atoms with E-state index in [0.29, 0.717) is 5.92 Å². The lowest BCUT2D eigenvalue weighted by molar-refractivity contribution is -0.144. The normalized spacial score (nSPS) is 28.5. The van der Waals surface area contributed by atoms with E-state index in [2.05, 4.69) is 15.6 Å². The van der Waals surface area contributed by atoms with E-state index in [1.807, 2.05) is 27.0 Å². The first-order valence-electron chi connectivity index (χ1n) is 11.4. The van der Waals surface area contributed by atoms with Crippen molar-refractivity contribution in [3.05, 3.63) is 11.9 Å². The number of sulfone groups is 1. The lowest BCUT2D eigenvalue weighted by Crippen LogP contribution is -2.52. The number of carbonyl (C=O) groups is 2. The number of aliphatic hydroxyl groups is 1. The Morgan fingerprint density at radius 2 is 2.06 bits per heavy atom. The minimum atomic E-state index is -3.19. The van der Waals surface area contributed by atoms with Crippen molar-refractivity contribution < 1.29 is 27.9 Å². The van der Waals surface area contributed by atoms with Gasteiger partial charge in [-0.1, -0.05) is 26.0 Å². The standard InChI is InChI=1S/C21H33N5O6S/c1-21(2,3)18(26-11-16(23-24-26)13-4-5-13)20(29)25-10-14(27)8-17(25)19(28)22-9-15-12-33(30,31)7-6-32-15/h11,13-15,17-18,27H,4-10,12H2,1-3H3,(H,22,28)/t14-,15?,17+,18-/m1/s1. The van der Waals surface area contributed by atoms with Crippen LogP contribution in [-0.4, -0.2) is 94.7 Å². The summed E-state index contributed by atoms with van der Waals surface area (Å²) in [5.74, 6) is -0.509. The molecule has 33 heavy (non-hydrogen) atoms. The second-order valence-corrected chi connectivity index (χ2v) is 12.6. The van der Waals surface area contributed by atoms with Crippen molar-refractivity contribution in [2.45, 2.75) is 70.2 Å². The van der Waals surface area contributed by atoms with Crippen LogP contribution in [0.25, 0.3) is 0 Å². The average Bonchev–Trinajstić information content (AvgIpc) is 3.32. The van der Waals surface area contributed by atoms with E-state index in [-0.39, 0.29) is 43.5 Å². The molecule has 1 aromatic rings. The molecule has 0 spiro atoms. The predicted molar refractivity (Wildman–Crippen MR) is 118 cm³/mol. The van der Waals surface area contributed by atoms with E-state index >= 15 is 0 Å². The molecule has 1 aliphatic carbocycles. The van der Waals surface area contributed by atoms with Gasteiger partial charge in [0, 0.05) is 31.6 Å². The summed E-state index contributed by atoms with van der Waals surface area (Å²) in [6.07, 6.45) is 2.62. The summed E-state index contributed by atoms with van der Waals surface area (Å²) in [5.41, 5.74) is 0.361. The van der Waals surface area contributed by atoms with Crippen molar-refractivity contribution in [1.82, 2.24) is 25.2 Å².